The summed E-state index contributed by atoms with van der Waals surface area (Å²) in [4.78, 5) is 22.0. The zero-order valence-electron chi connectivity index (χ0n) is 9.08. The highest BCUT2D eigenvalue weighted by molar-refractivity contribution is 7.85. The first-order valence-corrected chi connectivity index (χ1v) is 6.43. The summed E-state index contributed by atoms with van der Waals surface area (Å²) >= 11 is 0. The van der Waals surface area contributed by atoms with Crippen molar-refractivity contribution in [3.05, 3.63) is 35.4 Å². The van der Waals surface area contributed by atoms with Crippen molar-refractivity contribution in [1.29, 1.82) is 0 Å². The average Bonchev–Trinajstić information content (AvgIpc) is 2.57. The number of hydrogen-bond acceptors (Lipinski definition) is 4. The number of carbonyl (C=O) groups excluding carboxylic acids is 2. The minimum absolute atomic E-state index is 0.0986. The SMILES string of the molecule is O=C1CC(=Cc2ccccc2S(=O)(=O)O)C(=O)N1. The molecule has 1 aliphatic rings. The van der Waals surface area contributed by atoms with E-state index in [-0.39, 0.29) is 22.5 Å². The van der Waals surface area contributed by atoms with Crippen LogP contribution in [0.3, 0.4) is 0 Å². The molecule has 2 N–H and O–H groups in total. The first-order valence-electron chi connectivity index (χ1n) is 4.99. The van der Waals surface area contributed by atoms with E-state index in [0.29, 0.717) is 0 Å². The van der Waals surface area contributed by atoms with E-state index in [0.717, 1.165) is 0 Å². The van der Waals surface area contributed by atoms with Gasteiger partial charge in [-0.15, -0.1) is 0 Å². The van der Waals surface area contributed by atoms with Gasteiger partial charge < -0.3 is 0 Å². The fraction of sp³-hybridized carbons (Fsp3) is 0.0909. The summed E-state index contributed by atoms with van der Waals surface area (Å²) in [6, 6.07) is 5.67. The Bertz CT molecular complexity index is 660. The topological polar surface area (TPSA) is 101 Å². The number of benzene rings is 1. The highest BCUT2D eigenvalue weighted by Gasteiger charge is 2.24. The van der Waals surface area contributed by atoms with E-state index in [1.54, 1.807) is 6.07 Å². The number of nitrogens with one attached hydrogen (secondary N) is 1. The van der Waals surface area contributed by atoms with Gasteiger partial charge in [-0.25, -0.2) is 0 Å². The van der Waals surface area contributed by atoms with Gasteiger partial charge in [-0.2, -0.15) is 8.42 Å². The van der Waals surface area contributed by atoms with Crippen molar-refractivity contribution >= 4 is 28.0 Å². The Hall–Kier alpha value is -1.99. The lowest BCUT2D eigenvalue weighted by molar-refractivity contribution is -0.124. The van der Waals surface area contributed by atoms with E-state index in [4.69, 9.17) is 4.55 Å². The van der Waals surface area contributed by atoms with Crippen LogP contribution in [0.25, 0.3) is 6.08 Å². The molecule has 0 aliphatic carbocycles. The molecule has 18 heavy (non-hydrogen) atoms. The van der Waals surface area contributed by atoms with Crippen molar-refractivity contribution in [3.8, 4) is 0 Å². The summed E-state index contributed by atoms with van der Waals surface area (Å²) in [5.41, 5.74) is 0.330. The lowest BCUT2D eigenvalue weighted by Gasteiger charge is -2.02. The standard InChI is InChI=1S/C11H9NO5S/c13-10-6-8(11(14)12-10)5-7-3-1-2-4-9(7)18(15,16)17/h1-5H,6H2,(H,12,13,14)(H,15,16,17). The third-order valence-corrected chi connectivity index (χ3v) is 3.35. The number of imide groups is 1. The summed E-state index contributed by atoms with van der Waals surface area (Å²) in [5.74, 6) is -0.985. The van der Waals surface area contributed by atoms with Gasteiger partial charge in [0.15, 0.2) is 0 Å². The van der Waals surface area contributed by atoms with Gasteiger partial charge in [-0.05, 0) is 17.7 Å². The molecule has 1 fully saturated rings. The van der Waals surface area contributed by atoms with Crippen LogP contribution in [-0.4, -0.2) is 24.8 Å². The molecule has 7 heteroatoms. The third kappa shape index (κ3) is 2.47. The molecule has 0 bridgehead atoms. The first kappa shape index (κ1) is 12.5. The third-order valence-electron chi connectivity index (χ3n) is 2.42. The number of amides is 2. The van der Waals surface area contributed by atoms with E-state index in [1.165, 1.54) is 24.3 Å². The predicted molar refractivity (Wildman–Crippen MR) is 62.0 cm³/mol. The molecule has 0 unspecified atom stereocenters. The monoisotopic (exact) mass is 267 g/mol. The summed E-state index contributed by atoms with van der Waals surface area (Å²) < 4.78 is 31.3. The van der Waals surface area contributed by atoms with Crippen LogP contribution in [-0.2, 0) is 19.7 Å². The van der Waals surface area contributed by atoms with Gasteiger partial charge in [-0.3, -0.25) is 19.5 Å². The fourth-order valence-corrected chi connectivity index (χ4v) is 2.32. The molecule has 1 aliphatic heterocycles. The van der Waals surface area contributed by atoms with E-state index >= 15 is 0 Å². The fourth-order valence-electron chi connectivity index (χ4n) is 1.64. The van der Waals surface area contributed by atoms with Crippen LogP contribution in [0.1, 0.15) is 12.0 Å². The van der Waals surface area contributed by atoms with E-state index in [9.17, 15) is 18.0 Å². The van der Waals surface area contributed by atoms with Crippen LogP contribution in [0.5, 0.6) is 0 Å². The Morgan fingerprint density at radius 1 is 1.22 bits per heavy atom. The molecule has 1 aromatic carbocycles. The van der Waals surface area contributed by atoms with Crippen molar-refractivity contribution < 1.29 is 22.6 Å². The molecule has 94 valence electrons. The van der Waals surface area contributed by atoms with Crippen molar-refractivity contribution in [1.82, 2.24) is 5.32 Å². The molecule has 2 rings (SSSR count). The molecule has 0 spiro atoms. The van der Waals surface area contributed by atoms with Gasteiger partial charge in [0.05, 0.1) is 6.42 Å². The molecule has 6 nitrogen and oxygen atoms in total. The normalized spacial score (nSPS) is 18.2. The molecule has 0 atom stereocenters. The van der Waals surface area contributed by atoms with Gasteiger partial charge in [0.25, 0.3) is 16.0 Å². The number of carbonyl (C=O) groups is 2. The Kier molecular flexibility index (Phi) is 3.02. The van der Waals surface area contributed by atoms with Crippen LogP contribution >= 0.6 is 0 Å². The van der Waals surface area contributed by atoms with Gasteiger partial charge in [-0.1, -0.05) is 18.2 Å². The smallest absolute Gasteiger partial charge is 0.292 e. The minimum Gasteiger partial charge on any atom is -0.292 e. The summed E-state index contributed by atoms with van der Waals surface area (Å²) in [5, 5.41) is 2.09. The van der Waals surface area contributed by atoms with Crippen LogP contribution in [0.2, 0.25) is 0 Å². The molecule has 0 aromatic heterocycles. The first-order chi connectivity index (χ1) is 8.38. The maximum absolute atomic E-state index is 11.3. The maximum atomic E-state index is 11.3. The summed E-state index contributed by atoms with van der Waals surface area (Å²) in [7, 11) is -4.37. The van der Waals surface area contributed by atoms with Gasteiger partial charge in [0.1, 0.15) is 4.90 Å². The second-order valence-electron chi connectivity index (χ2n) is 3.74. The van der Waals surface area contributed by atoms with Crippen molar-refractivity contribution in [2.24, 2.45) is 0 Å². The minimum atomic E-state index is -4.37. The largest absolute Gasteiger partial charge is 0.295 e. The Balaban J connectivity index is 2.51. The lowest BCUT2D eigenvalue weighted by atomic mass is 10.1. The summed E-state index contributed by atoms with van der Waals surface area (Å²) in [6.07, 6.45) is 1.18. The van der Waals surface area contributed by atoms with Gasteiger partial charge >= 0.3 is 0 Å². The highest BCUT2D eigenvalue weighted by Crippen LogP contribution is 2.20. The quantitative estimate of drug-likeness (QED) is 0.458. The Morgan fingerprint density at radius 3 is 2.44 bits per heavy atom. The maximum Gasteiger partial charge on any atom is 0.295 e. The second kappa shape index (κ2) is 4.35. The zero-order chi connectivity index (χ0) is 13.3. The van der Waals surface area contributed by atoms with Crippen LogP contribution < -0.4 is 5.32 Å². The number of rotatable bonds is 2. The summed E-state index contributed by atoms with van der Waals surface area (Å²) in [6.45, 7) is 0. The molecular weight excluding hydrogens is 258 g/mol. The Labute approximate surface area is 103 Å². The average molecular weight is 267 g/mol. The zero-order valence-corrected chi connectivity index (χ0v) is 9.90. The lowest BCUT2D eigenvalue weighted by Crippen LogP contribution is -2.19. The van der Waals surface area contributed by atoms with Gasteiger partial charge in [0.2, 0.25) is 5.91 Å². The highest BCUT2D eigenvalue weighted by atomic mass is 32.2. The molecule has 1 saturated heterocycles. The van der Waals surface area contributed by atoms with E-state index in [2.05, 4.69) is 5.32 Å². The van der Waals surface area contributed by atoms with Crippen LogP contribution in [0.4, 0.5) is 0 Å². The van der Waals surface area contributed by atoms with E-state index < -0.39 is 21.9 Å². The van der Waals surface area contributed by atoms with Crippen molar-refractivity contribution in [2.45, 2.75) is 11.3 Å². The van der Waals surface area contributed by atoms with Crippen molar-refractivity contribution in [3.63, 3.8) is 0 Å². The molecule has 1 aromatic rings. The molecule has 1 heterocycles. The van der Waals surface area contributed by atoms with Crippen LogP contribution in [0, 0.1) is 0 Å². The van der Waals surface area contributed by atoms with Gasteiger partial charge in [0, 0.05) is 5.57 Å². The number of hydrogen-bond donors (Lipinski definition) is 2. The Morgan fingerprint density at radius 2 is 1.89 bits per heavy atom. The molecule has 2 amide bonds. The predicted octanol–water partition coefficient (Wildman–Crippen LogP) is 0.363. The molecular formula is C11H9NO5S. The second-order valence-corrected chi connectivity index (χ2v) is 5.13. The van der Waals surface area contributed by atoms with Crippen LogP contribution in [0.15, 0.2) is 34.7 Å². The molecule has 0 saturated carbocycles. The van der Waals surface area contributed by atoms with E-state index in [1.807, 2.05) is 0 Å². The van der Waals surface area contributed by atoms with Crippen molar-refractivity contribution in [2.75, 3.05) is 0 Å². The molecule has 0 radical (unpaired) electrons.